The summed E-state index contributed by atoms with van der Waals surface area (Å²) in [4.78, 5) is 36.7. The fraction of sp³-hybridized carbons (Fsp3) is 0.118. The summed E-state index contributed by atoms with van der Waals surface area (Å²) in [5.41, 5.74) is 2.27. The second-order valence-electron chi connectivity index (χ2n) is 5.39. The van der Waals surface area contributed by atoms with Crippen LogP contribution in [0.3, 0.4) is 0 Å². The van der Waals surface area contributed by atoms with Gasteiger partial charge in [0.1, 0.15) is 0 Å². The summed E-state index contributed by atoms with van der Waals surface area (Å²) in [5, 5.41) is 11.7. The minimum Gasteiger partial charge on any atom is -0.478 e. The molecule has 2 aromatic carbocycles. The van der Waals surface area contributed by atoms with Gasteiger partial charge in [-0.3, -0.25) is 9.59 Å². The highest BCUT2D eigenvalue weighted by molar-refractivity contribution is 6.34. The molecule has 2 amide bonds. The SMILES string of the molecule is CN(C(=O)c1ccc(C(=O)O)c(Cl)c1)c1cccc2c1CC(=O)N2. The number of carbonyl (C=O) groups is 3. The van der Waals surface area contributed by atoms with Crippen molar-refractivity contribution in [2.75, 3.05) is 17.3 Å². The second-order valence-corrected chi connectivity index (χ2v) is 5.80. The predicted octanol–water partition coefficient (Wildman–Crippen LogP) is 2.81. The minimum absolute atomic E-state index is 0.00288. The van der Waals surface area contributed by atoms with Gasteiger partial charge in [-0.05, 0) is 30.3 Å². The average molecular weight is 345 g/mol. The van der Waals surface area contributed by atoms with Crippen LogP contribution in [0.15, 0.2) is 36.4 Å². The number of hydrogen-bond acceptors (Lipinski definition) is 3. The lowest BCUT2D eigenvalue weighted by molar-refractivity contribution is -0.115. The van der Waals surface area contributed by atoms with Gasteiger partial charge >= 0.3 is 5.97 Å². The van der Waals surface area contributed by atoms with Crippen LogP contribution >= 0.6 is 11.6 Å². The standard InChI is InChI=1S/C17H13ClN2O4/c1-20(14-4-2-3-13-11(14)8-15(21)19-13)16(22)9-5-6-10(17(23)24)12(18)7-9/h2-7H,8H2,1H3,(H,19,21)(H,23,24). The van der Waals surface area contributed by atoms with Gasteiger partial charge in [0, 0.05) is 29.5 Å². The van der Waals surface area contributed by atoms with E-state index in [0.717, 1.165) is 5.56 Å². The third-order valence-electron chi connectivity index (χ3n) is 3.88. The van der Waals surface area contributed by atoms with Crippen LogP contribution in [0, 0.1) is 0 Å². The van der Waals surface area contributed by atoms with Crippen molar-refractivity contribution in [3.8, 4) is 0 Å². The zero-order chi connectivity index (χ0) is 17.4. The molecule has 2 aromatic rings. The highest BCUT2D eigenvalue weighted by Crippen LogP contribution is 2.32. The van der Waals surface area contributed by atoms with E-state index < -0.39 is 5.97 Å². The number of carbonyl (C=O) groups excluding carboxylic acids is 2. The third-order valence-corrected chi connectivity index (χ3v) is 4.19. The van der Waals surface area contributed by atoms with Crippen LogP contribution in [0.25, 0.3) is 0 Å². The number of carboxylic acid groups (broad SMARTS) is 1. The Labute approximate surface area is 142 Å². The van der Waals surface area contributed by atoms with Crippen LogP contribution in [0.5, 0.6) is 0 Å². The quantitative estimate of drug-likeness (QED) is 0.896. The average Bonchev–Trinajstić information content (AvgIpc) is 2.93. The number of nitrogens with one attached hydrogen (secondary N) is 1. The van der Waals surface area contributed by atoms with E-state index in [2.05, 4.69) is 5.32 Å². The lowest BCUT2D eigenvalue weighted by Crippen LogP contribution is -2.27. The molecule has 0 aliphatic carbocycles. The molecular weight excluding hydrogens is 332 g/mol. The first-order valence-electron chi connectivity index (χ1n) is 7.11. The molecule has 0 atom stereocenters. The number of anilines is 2. The van der Waals surface area contributed by atoms with E-state index >= 15 is 0 Å². The molecule has 1 aliphatic heterocycles. The molecule has 3 rings (SSSR count). The van der Waals surface area contributed by atoms with Crippen LogP contribution in [0.4, 0.5) is 11.4 Å². The van der Waals surface area contributed by atoms with Crippen molar-refractivity contribution in [1.82, 2.24) is 0 Å². The van der Waals surface area contributed by atoms with Gasteiger partial charge in [0.25, 0.3) is 5.91 Å². The molecule has 1 aliphatic rings. The highest BCUT2D eigenvalue weighted by atomic mass is 35.5. The van der Waals surface area contributed by atoms with Crippen LogP contribution in [-0.2, 0) is 11.2 Å². The van der Waals surface area contributed by atoms with Crippen LogP contribution in [-0.4, -0.2) is 29.9 Å². The van der Waals surface area contributed by atoms with Gasteiger partial charge in [-0.15, -0.1) is 0 Å². The van der Waals surface area contributed by atoms with E-state index in [1.165, 1.54) is 23.1 Å². The molecule has 0 saturated heterocycles. The molecule has 0 bridgehead atoms. The maximum atomic E-state index is 12.7. The maximum absolute atomic E-state index is 12.7. The van der Waals surface area contributed by atoms with Crippen LogP contribution in [0.1, 0.15) is 26.3 Å². The summed E-state index contributed by atoms with van der Waals surface area (Å²) in [5.74, 6) is -1.62. The zero-order valence-corrected chi connectivity index (χ0v) is 13.4. The van der Waals surface area contributed by atoms with E-state index in [0.29, 0.717) is 11.4 Å². The van der Waals surface area contributed by atoms with Gasteiger partial charge in [0.2, 0.25) is 5.91 Å². The molecule has 7 heteroatoms. The van der Waals surface area contributed by atoms with Crippen molar-refractivity contribution in [2.45, 2.75) is 6.42 Å². The fourth-order valence-corrected chi connectivity index (χ4v) is 2.93. The minimum atomic E-state index is -1.15. The molecule has 1 heterocycles. The maximum Gasteiger partial charge on any atom is 0.337 e. The monoisotopic (exact) mass is 344 g/mol. The largest absolute Gasteiger partial charge is 0.478 e. The third kappa shape index (κ3) is 2.72. The van der Waals surface area contributed by atoms with Gasteiger partial charge in [-0.25, -0.2) is 4.79 Å². The Morgan fingerprint density at radius 3 is 2.67 bits per heavy atom. The van der Waals surface area contributed by atoms with E-state index in [4.69, 9.17) is 16.7 Å². The normalized spacial score (nSPS) is 12.5. The molecule has 0 fully saturated rings. The van der Waals surface area contributed by atoms with Crippen LogP contribution < -0.4 is 10.2 Å². The zero-order valence-electron chi connectivity index (χ0n) is 12.7. The van der Waals surface area contributed by atoms with Crippen molar-refractivity contribution < 1.29 is 19.5 Å². The van der Waals surface area contributed by atoms with Gasteiger partial charge < -0.3 is 15.3 Å². The molecule has 122 valence electrons. The first kappa shape index (κ1) is 16.0. The van der Waals surface area contributed by atoms with Gasteiger partial charge in [-0.2, -0.15) is 0 Å². The molecule has 24 heavy (non-hydrogen) atoms. The molecule has 0 saturated carbocycles. The molecule has 2 N–H and O–H groups in total. The number of hydrogen-bond donors (Lipinski definition) is 2. The summed E-state index contributed by atoms with van der Waals surface area (Å²) in [6.07, 6.45) is 0.210. The van der Waals surface area contributed by atoms with Gasteiger partial charge in [0.15, 0.2) is 0 Å². The number of aromatic carboxylic acids is 1. The van der Waals surface area contributed by atoms with E-state index in [1.54, 1.807) is 25.2 Å². The number of benzene rings is 2. The van der Waals surface area contributed by atoms with E-state index in [9.17, 15) is 14.4 Å². The van der Waals surface area contributed by atoms with Crippen molar-refractivity contribution in [1.29, 1.82) is 0 Å². The molecule has 0 spiro atoms. The Hall–Kier alpha value is -2.86. The number of fused-ring (bicyclic) bond motifs is 1. The summed E-state index contributed by atoms with van der Waals surface area (Å²) < 4.78 is 0. The van der Waals surface area contributed by atoms with Crippen LogP contribution in [0.2, 0.25) is 5.02 Å². The van der Waals surface area contributed by atoms with Crippen molar-refractivity contribution in [3.05, 3.63) is 58.1 Å². The number of halogens is 1. The summed E-state index contributed by atoms with van der Waals surface area (Å²) >= 11 is 5.93. The number of carboxylic acids is 1. The molecule has 6 nitrogen and oxygen atoms in total. The predicted molar refractivity (Wildman–Crippen MR) is 89.9 cm³/mol. The molecule has 0 unspecified atom stereocenters. The molecule has 0 radical (unpaired) electrons. The Morgan fingerprint density at radius 1 is 1.25 bits per heavy atom. The first-order valence-corrected chi connectivity index (χ1v) is 7.49. The number of amides is 2. The van der Waals surface area contributed by atoms with Gasteiger partial charge in [-0.1, -0.05) is 17.7 Å². The topological polar surface area (TPSA) is 86.7 Å². The summed E-state index contributed by atoms with van der Waals surface area (Å²) in [6, 6.07) is 9.33. The Kier molecular flexibility index (Phi) is 3.99. The fourth-order valence-electron chi connectivity index (χ4n) is 2.67. The number of rotatable bonds is 3. The Bertz CT molecular complexity index is 879. The smallest absolute Gasteiger partial charge is 0.337 e. The van der Waals surface area contributed by atoms with E-state index in [1.807, 2.05) is 0 Å². The first-order chi connectivity index (χ1) is 11.4. The lowest BCUT2D eigenvalue weighted by Gasteiger charge is -2.20. The molecular formula is C17H13ClN2O4. The lowest BCUT2D eigenvalue weighted by atomic mass is 10.1. The summed E-state index contributed by atoms with van der Waals surface area (Å²) in [6.45, 7) is 0. The van der Waals surface area contributed by atoms with Crippen molar-refractivity contribution >= 4 is 40.8 Å². The second kappa shape index (κ2) is 5.98. The Morgan fingerprint density at radius 2 is 2.00 bits per heavy atom. The number of nitrogens with zero attached hydrogens (tertiary/aromatic N) is 1. The van der Waals surface area contributed by atoms with Crippen molar-refractivity contribution in [3.63, 3.8) is 0 Å². The summed E-state index contributed by atoms with van der Waals surface area (Å²) in [7, 11) is 1.60. The van der Waals surface area contributed by atoms with Gasteiger partial charge in [0.05, 0.1) is 17.0 Å². The highest BCUT2D eigenvalue weighted by Gasteiger charge is 2.25. The van der Waals surface area contributed by atoms with Crippen molar-refractivity contribution in [2.24, 2.45) is 0 Å². The molecule has 0 aromatic heterocycles. The Balaban J connectivity index is 1.94. The van der Waals surface area contributed by atoms with E-state index in [-0.39, 0.29) is 34.4 Å².